The van der Waals surface area contributed by atoms with E-state index >= 15 is 0 Å². The van der Waals surface area contributed by atoms with Crippen molar-refractivity contribution in [3.8, 4) is 0 Å². The second-order valence-corrected chi connectivity index (χ2v) is 7.52. The molecule has 35 heavy (non-hydrogen) atoms. The van der Waals surface area contributed by atoms with Gasteiger partial charge < -0.3 is 14.8 Å². The highest BCUT2D eigenvalue weighted by Crippen LogP contribution is 2.29. The van der Waals surface area contributed by atoms with E-state index in [9.17, 15) is 23.5 Å². The second-order valence-electron chi connectivity index (χ2n) is 7.52. The molecule has 2 N–H and O–H groups in total. The number of para-hydroxylation sites is 2. The number of nitrogens with zero attached hydrogens (tertiary/aromatic N) is 1. The second kappa shape index (κ2) is 10.1. The Morgan fingerprint density at radius 1 is 1.00 bits per heavy atom. The van der Waals surface area contributed by atoms with Crippen LogP contribution < -0.4 is 0 Å². The van der Waals surface area contributed by atoms with Gasteiger partial charge in [-0.3, -0.25) is 4.79 Å². The normalized spacial score (nSPS) is 12.1. The molecular weight excluding hydrogens is 454 g/mol. The summed E-state index contributed by atoms with van der Waals surface area (Å²) < 4.78 is 32.6. The van der Waals surface area contributed by atoms with Crippen LogP contribution in [0, 0.1) is 11.6 Å². The average molecular weight is 474 g/mol. The summed E-state index contributed by atoms with van der Waals surface area (Å²) >= 11 is 0. The fourth-order valence-electron chi connectivity index (χ4n) is 3.52. The van der Waals surface area contributed by atoms with Gasteiger partial charge in [0, 0.05) is 23.3 Å². The number of hydrogen-bond donors (Lipinski definition) is 2. The molecule has 0 amide bonds. The number of aromatic amines is 1. The van der Waals surface area contributed by atoms with E-state index in [0.29, 0.717) is 22.7 Å². The number of imidazole rings is 1. The number of aliphatic hydroxyl groups excluding tert-OH is 1. The maximum atomic E-state index is 13.9. The van der Waals surface area contributed by atoms with Gasteiger partial charge in [0.15, 0.2) is 0 Å². The van der Waals surface area contributed by atoms with E-state index in [-0.39, 0.29) is 29.1 Å². The molecule has 0 spiro atoms. The van der Waals surface area contributed by atoms with Gasteiger partial charge in [0.1, 0.15) is 28.8 Å². The number of carbonyl (C=O) groups excluding carboxylic acids is 2. The third kappa shape index (κ3) is 5.33. The maximum Gasteiger partial charge on any atom is 0.330 e. The van der Waals surface area contributed by atoms with Gasteiger partial charge in [0.05, 0.1) is 17.6 Å². The van der Waals surface area contributed by atoms with Crippen molar-refractivity contribution in [3.05, 3.63) is 107 Å². The number of carbonyl (C=O) groups is 2. The molecule has 176 valence electrons. The lowest BCUT2D eigenvalue weighted by Gasteiger charge is -2.10. The van der Waals surface area contributed by atoms with E-state index in [1.54, 1.807) is 43.3 Å². The topological polar surface area (TPSA) is 92.3 Å². The van der Waals surface area contributed by atoms with Gasteiger partial charge >= 0.3 is 5.97 Å². The van der Waals surface area contributed by atoms with E-state index in [0.717, 1.165) is 12.1 Å². The van der Waals surface area contributed by atoms with E-state index in [2.05, 4.69) is 9.97 Å². The molecule has 0 radical (unpaired) electrons. The number of esters is 1. The summed E-state index contributed by atoms with van der Waals surface area (Å²) in [6, 6.07) is 15.8. The molecule has 6 nitrogen and oxygen atoms in total. The van der Waals surface area contributed by atoms with Crippen molar-refractivity contribution >= 4 is 40.2 Å². The van der Waals surface area contributed by atoms with Gasteiger partial charge in [-0.15, -0.1) is 0 Å². The number of aliphatic hydroxyl groups is 1. The average Bonchev–Trinajstić information content (AvgIpc) is 3.26. The molecule has 3 aromatic carbocycles. The zero-order valence-electron chi connectivity index (χ0n) is 18.6. The highest BCUT2D eigenvalue weighted by atomic mass is 19.1. The van der Waals surface area contributed by atoms with Crippen LogP contribution in [0.3, 0.4) is 0 Å². The zero-order valence-corrected chi connectivity index (χ0v) is 18.6. The summed E-state index contributed by atoms with van der Waals surface area (Å²) in [5, 5.41) is 11.0. The van der Waals surface area contributed by atoms with E-state index in [1.165, 1.54) is 24.3 Å². The van der Waals surface area contributed by atoms with Gasteiger partial charge in [-0.1, -0.05) is 30.3 Å². The van der Waals surface area contributed by atoms with Crippen molar-refractivity contribution in [1.82, 2.24) is 9.97 Å². The minimum atomic E-state index is -0.908. The number of halogens is 2. The molecule has 1 heterocycles. The monoisotopic (exact) mass is 474 g/mol. The van der Waals surface area contributed by atoms with E-state index in [4.69, 9.17) is 4.74 Å². The molecular formula is C27H20F2N2O4. The van der Waals surface area contributed by atoms with Gasteiger partial charge in [0.2, 0.25) is 5.78 Å². The molecule has 0 aliphatic carbocycles. The van der Waals surface area contributed by atoms with Crippen LogP contribution in [-0.2, 0) is 9.53 Å². The third-order valence-corrected chi connectivity index (χ3v) is 5.07. The van der Waals surface area contributed by atoms with Crippen LogP contribution in [0.15, 0.2) is 72.8 Å². The Morgan fingerprint density at radius 2 is 1.74 bits per heavy atom. The smallest absolute Gasteiger partial charge is 0.330 e. The summed E-state index contributed by atoms with van der Waals surface area (Å²) in [5.41, 5.74) is 1.36. The van der Waals surface area contributed by atoms with Gasteiger partial charge in [0.25, 0.3) is 0 Å². The first-order valence-electron chi connectivity index (χ1n) is 10.7. The quantitative estimate of drug-likeness (QED) is 0.155. The summed E-state index contributed by atoms with van der Waals surface area (Å²) in [7, 11) is 0. The number of hydrogen-bond acceptors (Lipinski definition) is 5. The lowest BCUT2D eigenvalue weighted by atomic mass is 9.97. The standard InChI is InChI=1S/C27H20F2N2O4/c1-2-35-23(32)11-10-16-6-5-7-17(12-16)25(33)24(26(34)18-13-19(28)15-20(29)14-18)27-30-21-8-3-4-9-22(21)31-27/h3-15,34H,2H2,1H3,(H,30,31)/b11-10+,26-24?. The van der Waals surface area contributed by atoms with E-state index in [1.807, 2.05) is 0 Å². The van der Waals surface area contributed by atoms with Crippen molar-refractivity contribution < 1.29 is 28.2 Å². The summed E-state index contributed by atoms with van der Waals surface area (Å²) in [5.74, 6) is -3.59. The SMILES string of the molecule is CCOC(=O)/C=C/c1cccc(C(=O)C(=C(O)c2cc(F)cc(F)c2)c2nc3ccccc3[nH]2)c1. The van der Waals surface area contributed by atoms with Gasteiger partial charge in [-0.25, -0.2) is 18.6 Å². The number of ether oxygens (including phenoxy) is 1. The number of allylic oxidation sites excluding steroid dienone is 1. The van der Waals surface area contributed by atoms with Crippen molar-refractivity contribution in [2.45, 2.75) is 6.92 Å². The Bertz CT molecular complexity index is 1430. The fourth-order valence-corrected chi connectivity index (χ4v) is 3.52. The lowest BCUT2D eigenvalue weighted by Crippen LogP contribution is -2.08. The Morgan fingerprint density at radius 3 is 2.46 bits per heavy atom. The predicted octanol–water partition coefficient (Wildman–Crippen LogP) is 5.73. The van der Waals surface area contributed by atoms with E-state index < -0.39 is 29.1 Å². The number of fused-ring (bicyclic) bond motifs is 1. The van der Waals surface area contributed by atoms with Crippen LogP contribution in [0.2, 0.25) is 0 Å². The van der Waals surface area contributed by atoms with Crippen LogP contribution in [-0.4, -0.2) is 33.4 Å². The molecule has 0 aliphatic heterocycles. The first-order chi connectivity index (χ1) is 16.9. The summed E-state index contributed by atoms with van der Waals surface area (Å²) in [6.45, 7) is 1.92. The zero-order chi connectivity index (χ0) is 24.9. The van der Waals surface area contributed by atoms with Crippen molar-refractivity contribution in [2.24, 2.45) is 0 Å². The van der Waals surface area contributed by atoms with Crippen LogP contribution in [0.4, 0.5) is 8.78 Å². The Labute approximate surface area is 199 Å². The number of nitrogens with one attached hydrogen (secondary N) is 1. The first-order valence-corrected chi connectivity index (χ1v) is 10.7. The number of H-pyrrole nitrogens is 1. The minimum Gasteiger partial charge on any atom is -0.506 e. The first kappa shape index (κ1) is 23.6. The molecule has 0 fully saturated rings. The van der Waals surface area contributed by atoms with Crippen molar-refractivity contribution in [3.63, 3.8) is 0 Å². The number of Topliss-reactive ketones (excluding diaryl/α,β-unsaturated/α-hetero) is 1. The Hall–Kier alpha value is -4.59. The highest BCUT2D eigenvalue weighted by Gasteiger charge is 2.24. The summed E-state index contributed by atoms with van der Waals surface area (Å²) in [6.07, 6.45) is 2.72. The molecule has 0 atom stereocenters. The molecule has 0 unspecified atom stereocenters. The number of aromatic nitrogens is 2. The Kier molecular flexibility index (Phi) is 6.82. The molecule has 4 aromatic rings. The summed E-state index contributed by atoms with van der Waals surface area (Å²) in [4.78, 5) is 32.6. The number of benzene rings is 3. The van der Waals surface area contributed by atoms with Crippen LogP contribution in [0.5, 0.6) is 0 Å². The van der Waals surface area contributed by atoms with Crippen LogP contribution >= 0.6 is 0 Å². The third-order valence-electron chi connectivity index (χ3n) is 5.07. The Balaban J connectivity index is 1.83. The van der Waals surface area contributed by atoms with Gasteiger partial charge in [-0.2, -0.15) is 0 Å². The number of rotatable bonds is 7. The number of ketones is 1. The van der Waals surface area contributed by atoms with Gasteiger partial charge in [-0.05, 0) is 48.9 Å². The fraction of sp³-hybridized carbons (Fsp3) is 0.0741. The maximum absolute atomic E-state index is 13.9. The highest BCUT2D eigenvalue weighted by molar-refractivity contribution is 6.33. The molecule has 0 aliphatic rings. The molecule has 4 rings (SSSR count). The minimum absolute atomic E-state index is 0.0332. The largest absolute Gasteiger partial charge is 0.506 e. The molecule has 0 saturated heterocycles. The molecule has 1 aromatic heterocycles. The predicted molar refractivity (Wildman–Crippen MR) is 128 cm³/mol. The van der Waals surface area contributed by atoms with Crippen LogP contribution in [0.25, 0.3) is 28.4 Å². The molecule has 8 heteroatoms. The van der Waals surface area contributed by atoms with Crippen molar-refractivity contribution in [2.75, 3.05) is 6.61 Å². The molecule has 0 saturated carbocycles. The molecule has 0 bridgehead atoms. The van der Waals surface area contributed by atoms with Crippen molar-refractivity contribution in [1.29, 1.82) is 0 Å². The van der Waals surface area contributed by atoms with Crippen LogP contribution in [0.1, 0.15) is 34.2 Å². The lowest BCUT2D eigenvalue weighted by molar-refractivity contribution is -0.137.